The van der Waals surface area contributed by atoms with Crippen molar-refractivity contribution in [1.29, 1.82) is 0 Å². The minimum atomic E-state index is -1.15. The number of aromatic amines is 1. The Labute approximate surface area is 239 Å². The van der Waals surface area contributed by atoms with Crippen molar-refractivity contribution in [3.05, 3.63) is 47.8 Å². The molecule has 11 atom stereocenters. The molecule has 0 radical (unpaired) electrons. The molecule has 1 saturated heterocycles. The van der Waals surface area contributed by atoms with Crippen LogP contribution >= 0.6 is 0 Å². The van der Waals surface area contributed by atoms with E-state index in [0.717, 1.165) is 5.57 Å². The van der Waals surface area contributed by atoms with Gasteiger partial charge in [0.2, 0.25) is 0 Å². The Morgan fingerprint density at radius 3 is 2.54 bits per heavy atom. The zero-order valence-electron chi connectivity index (χ0n) is 24.0. The molecule has 0 amide bonds. The fraction of sp³-hybridized carbons (Fsp3) is 0.633. The lowest BCUT2D eigenvalue weighted by Crippen LogP contribution is -2.59. The molecule has 41 heavy (non-hydrogen) atoms. The van der Waals surface area contributed by atoms with Crippen molar-refractivity contribution in [3.63, 3.8) is 0 Å². The summed E-state index contributed by atoms with van der Waals surface area (Å²) in [4.78, 5) is 42.6. The summed E-state index contributed by atoms with van der Waals surface area (Å²) in [6, 6.07) is 3.32. The number of H-pyrrole nitrogens is 1. The van der Waals surface area contributed by atoms with E-state index < -0.39 is 71.5 Å². The standard InChI is InChI=1S/C30H39NO10/c1-15-11-16(2)30-20(18(12-36-3)28(34)39-25(15)22(32)14-38-5)9-8-17-23(30)24(33)19(13-37-4)26(27(17)41-30)40-29(35)21-7-6-10-31-21/h6-11,15,17-20,23-27,31,33H,12-14H2,1-5H3. The first kappa shape index (κ1) is 29.7. The van der Waals surface area contributed by atoms with E-state index in [0.29, 0.717) is 0 Å². The van der Waals surface area contributed by atoms with Gasteiger partial charge in [0, 0.05) is 57.1 Å². The Bertz CT molecular complexity index is 1190. The molecule has 1 saturated carbocycles. The highest BCUT2D eigenvalue weighted by Crippen LogP contribution is 2.61. The van der Waals surface area contributed by atoms with Crippen LogP contribution < -0.4 is 0 Å². The number of aromatic nitrogens is 1. The van der Waals surface area contributed by atoms with Gasteiger partial charge < -0.3 is 38.5 Å². The second-order valence-electron chi connectivity index (χ2n) is 11.5. The summed E-state index contributed by atoms with van der Waals surface area (Å²) >= 11 is 0. The molecule has 11 unspecified atom stereocenters. The lowest BCUT2D eigenvalue weighted by atomic mass is 9.56. The zero-order chi connectivity index (χ0) is 29.5. The van der Waals surface area contributed by atoms with Gasteiger partial charge in [-0.3, -0.25) is 9.59 Å². The van der Waals surface area contributed by atoms with Crippen LogP contribution in [0.15, 0.2) is 42.1 Å². The monoisotopic (exact) mass is 573 g/mol. The lowest BCUT2D eigenvalue weighted by Gasteiger charge is -2.49. The van der Waals surface area contributed by atoms with E-state index in [9.17, 15) is 19.5 Å². The summed E-state index contributed by atoms with van der Waals surface area (Å²) in [5.41, 5.74) is -0.107. The maximum atomic E-state index is 13.7. The first-order chi connectivity index (χ1) is 19.7. The molecule has 11 nitrogen and oxygen atoms in total. The Kier molecular flexibility index (Phi) is 8.54. The summed E-state index contributed by atoms with van der Waals surface area (Å²) in [6.07, 6.45) is 3.89. The molecule has 1 aromatic rings. The predicted octanol–water partition coefficient (Wildman–Crippen LogP) is 1.72. The van der Waals surface area contributed by atoms with Gasteiger partial charge in [-0.1, -0.05) is 25.2 Å². The number of rotatable bonds is 9. The van der Waals surface area contributed by atoms with Gasteiger partial charge in [0.15, 0.2) is 11.9 Å². The van der Waals surface area contributed by atoms with Crippen molar-refractivity contribution in [2.45, 2.75) is 43.9 Å². The van der Waals surface area contributed by atoms with Crippen LogP contribution in [0.25, 0.3) is 0 Å². The number of aliphatic hydroxyl groups excluding tert-OH is 1. The van der Waals surface area contributed by atoms with Gasteiger partial charge in [0.1, 0.15) is 30.1 Å². The third-order valence-corrected chi connectivity index (χ3v) is 9.16. The molecule has 0 aromatic carbocycles. The van der Waals surface area contributed by atoms with Crippen molar-refractivity contribution < 1.29 is 47.9 Å². The average molecular weight is 574 g/mol. The molecule has 11 heteroatoms. The average Bonchev–Trinajstić information content (AvgIpc) is 3.54. The maximum absolute atomic E-state index is 13.7. The van der Waals surface area contributed by atoms with Gasteiger partial charge >= 0.3 is 11.9 Å². The minimum absolute atomic E-state index is 0.0106. The molecule has 3 heterocycles. The molecule has 4 bridgehead atoms. The van der Waals surface area contributed by atoms with Crippen LogP contribution in [0.1, 0.15) is 24.3 Å². The first-order valence-electron chi connectivity index (χ1n) is 14.0. The fourth-order valence-corrected chi connectivity index (χ4v) is 7.51. The second kappa shape index (κ2) is 11.8. The van der Waals surface area contributed by atoms with Gasteiger partial charge in [0.25, 0.3) is 0 Å². The molecule has 1 aromatic heterocycles. The number of aliphatic hydroxyl groups is 1. The molecular formula is C30H39NO10. The smallest absolute Gasteiger partial charge is 0.355 e. The molecule has 2 aliphatic heterocycles. The Hall–Kier alpha value is -2.83. The van der Waals surface area contributed by atoms with Crippen LogP contribution in [0.4, 0.5) is 0 Å². The summed E-state index contributed by atoms with van der Waals surface area (Å²) in [6.45, 7) is 3.65. The quantitative estimate of drug-likeness (QED) is 0.331. The highest BCUT2D eigenvalue weighted by Gasteiger charge is 2.71. The van der Waals surface area contributed by atoms with E-state index in [4.69, 9.17) is 28.4 Å². The predicted molar refractivity (Wildman–Crippen MR) is 144 cm³/mol. The van der Waals surface area contributed by atoms with Crippen molar-refractivity contribution in [1.82, 2.24) is 4.98 Å². The van der Waals surface area contributed by atoms with Crippen LogP contribution in [0.2, 0.25) is 0 Å². The Morgan fingerprint density at radius 1 is 1.12 bits per heavy atom. The highest BCUT2D eigenvalue weighted by molar-refractivity contribution is 5.88. The van der Waals surface area contributed by atoms with Gasteiger partial charge in [-0.2, -0.15) is 0 Å². The topological polar surface area (TPSA) is 143 Å². The van der Waals surface area contributed by atoms with E-state index in [1.807, 2.05) is 25.2 Å². The Morgan fingerprint density at radius 2 is 1.88 bits per heavy atom. The van der Waals surface area contributed by atoms with Crippen LogP contribution in [-0.2, 0) is 38.0 Å². The number of cyclic esters (lactones) is 1. The van der Waals surface area contributed by atoms with E-state index in [2.05, 4.69) is 4.98 Å². The number of carbonyl (C=O) groups is 3. The number of hydrogen-bond acceptors (Lipinski definition) is 10. The normalized spacial score (nSPS) is 39.6. The first-order valence-corrected chi connectivity index (χ1v) is 14.0. The third kappa shape index (κ3) is 4.87. The molecule has 2 fully saturated rings. The number of ketones is 1. The summed E-state index contributed by atoms with van der Waals surface area (Å²) < 4.78 is 34.9. The van der Waals surface area contributed by atoms with Gasteiger partial charge in [-0.15, -0.1) is 0 Å². The molecule has 2 aliphatic carbocycles. The molecule has 2 N–H and O–H groups in total. The number of nitrogens with one attached hydrogen (secondary N) is 1. The number of carbonyl (C=O) groups excluding carboxylic acids is 3. The van der Waals surface area contributed by atoms with Crippen LogP contribution in [0.3, 0.4) is 0 Å². The van der Waals surface area contributed by atoms with Crippen molar-refractivity contribution >= 4 is 17.7 Å². The van der Waals surface area contributed by atoms with Gasteiger partial charge in [0.05, 0.1) is 25.2 Å². The van der Waals surface area contributed by atoms with Gasteiger partial charge in [-0.25, -0.2) is 4.79 Å². The Balaban J connectivity index is 1.62. The number of Topliss-reactive ketones (excluding diaryl/α,β-unsaturated/α-hetero) is 1. The van der Waals surface area contributed by atoms with Crippen molar-refractivity contribution in [2.75, 3.05) is 41.2 Å². The van der Waals surface area contributed by atoms with E-state index in [-0.39, 0.29) is 37.2 Å². The van der Waals surface area contributed by atoms with Gasteiger partial charge in [-0.05, 0) is 24.6 Å². The fourth-order valence-electron chi connectivity index (χ4n) is 7.51. The number of ether oxygens (including phenoxy) is 6. The maximum Gasteiger partial charge on any atom is 0.355 e. The summed E-state index contributed by atoms with van der Waals surface area (Å²) in [7, 11) is 4.44. The van der Waals surface area contributed by atoms with E-state index in [1.54, 1.807) is 25.3 Å². The minimum Gasteiger partial charge on any atom is -0.454 e. The summed E-state index contributed by atoms with van der Waals surface area (Å²) in [5, 5.41) is 12.0. The molecule has 4 aliphatic rings. The van der Waals surface area contributed by atoms with Crippen molar-refractivity contribution in [2.24, 2.45) is 35.5 Å². The van der Waals surface area contributed by atoms with Crippen molar-refractivity contribution in [3.8, 4) is 0 Å². The third-order valence-electron chi connectivity index (χ3n) is 9.16. The largest absolute Gasteiger partial charge is 0.454 e. The molecule has 224 valence electrons. The molecule has 1 spiro atoms. The van der Waals surface area contributed by atoms with Crippen LogP contribution in [0, 0.1) is 35.5 Å². The van der Waals surface area contributed by atoms with Crippen LogP contribution in [0.5, 0.6) is 0 Å². The van der Waals surface area contributed by atoms with E-state index >= 15 is 0 Å². The number of methoxy groups -OCH3 is 3. The molecular weight excluding hydrogens is 534 g/mol. The summed E-state index contributed by atoms with van der Waals surface area (Å²) in [5.74, 6) is -4.81. The lowest BCUT2D eigenvalue weighted by molar-refractivity contribution is -0.169. The highest BCUT2D eigenvalue weighted by atomic mass is 16.6. The van der Waals surface area contributed by atoms with E-state index in [1.165, 1.54) is 21.3 Å². The zero-order valence-corrected chi connectivity index (χ0v) is 24.0. The number of hydrogen-bond donors (Lipinski definition) is 2. The SMILES string of the molecule is COCC(=O)C1OC(=O)C(COC)C2C=CC3C4OC2(C(C)=CC1C)C3C(O)C(COC)C4OC(=O)c1ccc[nH]1. The van der Waals surface area contributed by atoms with Crippen LogP contribution in [-0.4, -0.2) is 99.0 Å². The number of esters is 2. The second-order valence-corrected chi connectivity index (χ2v) is 11.5. The molecule has 5 rings (SSSR count).